The number of hydrogen-bond donors (Lipinski definition) is 2. The predicted molar refractivity (Wildman–Crippen MR) is 61.5 cm³/mol. The van der Waals surface area contributed by atoms with Crippen LogP contribution in [0.2, 0.25) is 0 Å². The molecule has 1 aromatic carbocycles. The van der Waals surface area contributed by atoms with Crippen LogP contribution in [0, 0.1) is 5.82 Å². The maximum Gasteiger partial charge on any atom is 0.322 e. The molecule has 102 valence electrons. The highest BCUT2D eigenvalue weighted by atomic mass is 19.1. The molecule has 7 heteroatoms. The summed E-state index contributed by atoms with van der Waals surface area (Å²) in [6, 6.07) is 3.23. The molecule has 6 nitrogen and oxygen atoms in total. The SMILES string of the molecule is O=C([O-])[C@@H]1C[C@H](O)CN1C(=O)Nc1ccc(F)cc1. The number of benzene rings is 1. The third kappa shape index (κ3) is 3.00. The second-order valence-electron chi connectivity index (χ2n) is 4.31. The number of likely N-dealkylation sites (tertiary alicyclic amines) is 1. The van der Waals surface area contributed by atoms with Gasteiger partial charge in [0.15, 0.2) is 0 Å². The molecule has 0 unspecified atom stereocenters. The quantitative estimate of drug-likeness (QED) is 0.758. The van der Waals surface area contributed by atoms with E-state index in [4.69, 9.17) is 0 Å². The summed E-state index contributed by atoms with van der Waals surface area (Å²) in [6.07, 6.45) is -0.944. The fourth-order valence-electron chi connectivity index (χ4n) is 1.99. The first-order chi connectivity index (χ1) is 8.97. The Morgan fingerprint density at radius 3 is 2.58 bits per heavy atom. The number of β-amino-alcohol motifs (C(OH)–C–C–N with tert-alkyl or cyclic N) is 1. The molecule has 2 N–H and O–H groups in total. The third-order valence-electron chi connectivity index (χ3n) is 2.91. The van der Waals surface area contributed by atoms with Crippen molar-refractivity contribution in [1.82, 2.24) is 4.90 Å². The van der Waals surface area contributed by atoms with Gasteiger partial charge in [0.25, 0.3) is 0 Å². The molecule has 0 aromatic heterocycles. The number of anilines is 1. The Hall–Kier alpha value is -2.15. The zero-order valence-electron chi connectivity index (χ0n) is 9.88. The van der Waals surface area contributed by atoms with Gasteiger partial charge >= 0.3 is 6.03 Å². The number of aliphatic hydroxyl groups excluding tert-OH is 1. The third-order valence-corrected chi connectivity index (χ3v) is 2.91. The van der Waals surface area contributed by atoms with E-state index in [-0.39, 0.29) is 13.0 Å². The van der Waals surface area contributed by atoms with E-state index in [9.17, 15) is 24.2 Å². The van der Waals surface area contributed by atoms with Gasteiger partial charge in [-0.3, -0.25) is 0 Å². The maximum absolute atomic E-state index is 12.7. The monoisotopic (exact) mass is 267 g/mol. The highest BCUT2D eigenvalue weighted by molar-refractivity contribution is 5.92. The number of halogens is 1. The van der Waals surface area contributed by atoms with Gasteiger partial charge in [-0.25, -0.2) is 9.18 Å². The summed E-state index contributed by atoms with van der Waals surface area (Å²) in [5.41, 5.74) is 0.338. The molecule has 0 saturated carbocycles. The van der Waals surface area contributed by atoms with E-state index in [2.05, 4.69) is 5.32 Å². The number of carboxylic acid groups (broad SMARTS) is 1. The van der Waals surface area contributed by atoms with Crippen LogP contribution in [-0.2, 0) is 4.79 Å². The fourth-order valence-corrected chi connectivity index (χ4v) is 1.99. The molecule has 0 spiro atoms. The number of carbonyl (C=O) groups excluding carboxylic acids is 2. The minimum atomic E-state index is -1.41. The number of urea groups is 1. The molecule has 1 aliphatic rings. The van der Waals surface area contributed by atoms with E-state index in [0.717, 1.165) is 4.90 Å². The van der Waals surface area contributed by atoms with Crippen molar-refractivity contribution >= 4 is 17.7 Å². The van der Waals surface area contributed by atoms with Crippen LogP contribution in [0.15, 0.2) is 24.3 Å². The lowest BCUT2D eigenvalue weighted by Gasteiger charge is -2.25. The number of hydrogen-bond acceptors (Lipinski definition) is 4. The van der Waals surface area contributed by atoms with Crippen molar-refractivity contribution in [1.29, 1.82) is 0 Å². The van der Waals surface area contributed by atoms with Crippen molar-refractivity contribution in [2.24, 2.45) is 0 Å². The van der Waals surface area contributed by atoms with Crippen molar-refractivity contribution in [3.05, 3.63) is 30.1 Å². The van der Waals surface area contributed by atoms with E-state index in [1.165, 1.54) is 24.3 Å². The number of carbonyl (C=O) groups is 2. The van der Waals surface area contributed by atoms with Gasteiger partial charge in [0.05, 0.1) is 18.1 Å². The number of amides is 2. The lowest BCUT2D eigenvalue weighted by Crippen LogP contribution is -2.48. The Labute approximate surface area is 108 Å². The van der Waals surface area contributed by atoms with Gasteiger partial charge in [-0.2, -0.15) is 0 Å². The van der Waals surface area contributed by atoms with Crippen LogP contribution >= 0.6 is 0 Å². The van der Waals surface area contributed by atoms with Gasteiger partial charge < -0.3 is 25.2 Å². The van der Waals surface area contributed by atoms with Crippen LogP contribution in [0.5, 0.6) is 0 Å². The smallest absolute Gasteiger partial charge is 0.322 e. The molecule has 0 aliphatic carbocycles. The zero-order valence-corrected chi connectivity index (χ0v) is 9.88. The summed E-state index contributed by atoms with van der Waals surface area (Å²) < 4.78 is 12.7. The molecule has 0 radical (unpaired) electrons. The minimum Gasteiger partial charge on any atom is -0.548 e. The van der Waals surface area contributed by atoms with Crippen molar-refractivity contribution in [3.63, 3.8) is 0 Å². The van der Waals surface area contributed by atoms with E-state index < -0.39 is 30.0 Å². The summed E-state index contributed by atoms with van der Waals surface area (Å²) in [5, 5.41) is 22.7. The standard InChI is InChI=1S/C12H13FN2O4/c13-7-1-3-8(4-2-7)14-12(19)15-6-9(16)5-10(15)11(17)18/h1-4,9-10,16H,5-6H2,(H,14,19)(H,17,18)/p-1/t9-,10-/m0/s1. The Morgan fingerprint density at radius 2 is 2.00 bits per heavy atom. The van der Waals surface area contributed by atoms with Crippen LogP contribution in [0.25, 0.3) is 0 Å². The second-order valence-corrected chi connectivity index (χ2v) is 4.31. The van der Waals surface area contributed by atoms with Crippen molar-refractivity contribution in [3.8, 4) is 0 Å². The van der Waals surface area contributed by atoms with E-state index in [1.807, 2.05) is 0 Å². The predicted octanol–water partition coefficient (Wildman–Crippen LogP) is -0.457. The average Bonchev–Trinajstić information content (AvgIpc) is 2.74. The largest absolute Gasteiger partial charge is 0.548 e. The topological polar surface area (TPSA) is 92.7 Å². The van der Waals surface area contributed by atoms with E-state index in [0.29, 0.717) is 5.69 Å². The van der Waals surface area contributed by atoms with Gasteiger partial charge in [0.1, 0.15) is 5.82 Å². The zero-order chi connectivity index (χ0) is 14.0. The molecule has 2 amide bonds. The molecule has 1 aromatic rings. The summed E-state index contributed by atoms with van der Waals surface area (Å²) in [6.45, 7) is -0.0777. The molecule has 2 atom stereocenters. The van der Waals surface area contributed by atoms with Crippen LogP contribution in [0.1, 0.15) is 6.42 Å². The fraction of sp³-hybridized carbons (Fsp3) is 0.333. The molecule has 19 heavy (non-hydrogen) atoms. The maximum atomic E-state index is 12.7. The van der Waals surface area contributed by atoms with Gasteiger partial charge in [-0.15, -0.1) is 0 Å². The van der Waals surface area contributed by atoms with Crippen LogP contribution in [0.4, 0.5) is 14.9 Å². The number of aliphatic carboxylic acids is 1. The average molecular weight is 267 g/mol. The van der Waals surface area contributed by atoms with E-state index in [1.54, 1.807) is 0 Å². The lowest BCUT2D eigenvalue weighted by molar-refractivity contribution is -0.310. The summed E-state index contributed by atoms with van der Waals surface area (Å²) in [7, 11) is 0. The number of aliphatic hydroxyl groups is 1. The van der Waals surface area contributed by atoms with Gasteiger partial charge in [0.2, 0.25) is 0 Å². The van der Waals surface area contributed by atoms with Crippen molar-refractivity contribution in [2.75, 3.05) is 11.9 Å². The Balaban J connectivity index is 2.06. The molecule has 0 bridgehead atoms. The molecule has 2 rings (SSSR count). The first-order valence-electron chi connectivity index (χ1n) is 5.69. The Morgan fingerprint density at radius 1 is 1.37 bits per heavy atom. The summed E-state index contributed by atoms with van der Waals surface area (Å²) in [5.74, 6) is -1.85. The van der Waals surface area contributed by atoms with Gasteiger partial charge in [-0.1, -0.05) is 0 Å². The van der Waals surface area contributed by atoms with Crippen LogP contribution in [0.3, 0.4) is 0 Å². The molecular formula is C12H12FN2O4-. The minimum absolute atomic E-state index is 0.0564. The number of nitrogens with one attached hydrogen (secondary N) is 1. The summed E-state index contributed by atoms with van der Waals surface area (Å²) in [4.78, 5) is 23.7. The van der Waals surface area contributed by atoms with Crippen LogP contribution in [-0.4, -0.2) is 40.7 Å². The second kappa shape index (κ2) is 5.23. The van der Waals surface area contributed by atoms with Gasteiger partial charge in [0, 0.05) is 18.7 Å². The Kier molecular flexibility index (Phi) is 3.66. The first-order valence-corrected chi connectivity index (χ1v) is 5.69. The Bertz CT molecular complexity index is 491. The van der Waals surface area contributed by atoms with Crippen LogP contribution < -0.4 is 10.4 Å². The molecule has 1 aliphatic heterocycles. The molecule has 1 fully saturated rings. The van der Waals surface area contributed by atoms with Crippen molar-refractivity contribution in [2.45, 2.75) is 18.6 Å². The number of nitrogens with zero attached hydrogens (tertiary/aromatic N) is 1. The van der Waals surface area contributed by atoms with Crippen molar-refractivity contribution < 1.29 is 24.2 Å². The first kappa shape index (κ1) is 13.3. The highest BCUT2D eigenvalue weighted by Crippen LogP contribution is 2.19. The van der Waals surface area contributed by atoms with Gasteiger partial charge in [-0.05, 0) is 24.3 Å². The lowest BCUT2D eigenvalue weighted by atomic mass is 10.2. The molecule has 1 heterocycles. The van der Waals surface area contributed by atoms with E-state index >= 15 is 0 Å². The summed E-state index contributed by atoms with van der Waals surface area (Å²) >= 11 is 0. The molecular weight excluding hydrogens is 255 g/mol. The molecule has 1 saturated heterocycles. The number of rotatable bonds is 2. The highest BCUT2D eigenvalue weighted by Gasteiger charge is 2.35. The normalized spacial score (nSPS) is 22.3. The number of carboxylic acids is 1.